The maximum absolute atomic E-state index is 13.2. The Morgan fingerprint density at radius 1 is 0.430 bits per heavy atom. The zero-order valence-corrected chi connectivity index (χ0v) is 49.8. The molecule has 12 heteroatoms. The van der Waals surface area contributed by atoms with Crippen LogP contribution in [0.5, 0.6) is 0 Å². The first-order valence-electron chi connectivity index (χ1n) is 31.6. The van der Waals surface area contributed by atoms with Gasteiger partial charge in [-0.15, -0.1) is 0 Å². The van der Waals surface area contributed by atoms with Crippen LogP contribution in [0.2, 0.25) is 0 Å². The third-order valence-corrected chi connectivity index (χ3v) is 14.0. The van der Waals surface area contributed by atoms with Crippen LogP contribution in [0.4, 0.5) is 0 Å². The Kier molecular flexibility index (Phi) is 50.3. The normalized spacial score (nSPS) is 18.4. The van der Waals surface area contributed by atoms with Gasteiger partial charge in [-0.3, -0.25) is 14.4 Å². The Labute approximate surface area is 480 Å². The van der Waals surface area contributed by atoms with Crippen molar-refractivity contribution in [2.45, 2.75) is 302 Å². The number of aliphatic hydroxyl groups is 2. The SMILES string of the molecule is CC/C=C\C/C=C\C/C=C\C/C=C\C/C=C\C/C=C\CCC(=O)OCC(COC1OC(C(=O)O)C(O)C(O)C1OC(=O)CCCCCCC/C=C\CCCCCC)OC(=O)CCCCCCCCCCCCCCCCCCC. The van der Waals surface area contributed by atoms with Gasteiger partial charge in [0, 0.05) is 19.3 Å². The molecule has 0 spiro atoms. The molecule has 1 heterocycles. The summed E-state index contributed by atoms with van der Waals surface area (Å²) in [6.07, 6.45) is 58.5. The van der Waals surface area contributed by atoms with Gasteiger partial charge in [0.05, 0.1) is 6.61 Å². The predicted molar refractivity (Wildman–Crippen MR) is 321 cm³/mol. The van der Waals surface area contributed by atoms with Crippen molar-refractivity contribution in [1.29, 1.82) is 0 Å². The van der Waals surface area contributed by atoms with E-state index in [1.165, 1.54) is 109 Å². The van der Waals surface area contributed by atoms with Crippen LogP contribution < -0.4 is 0 Å². The summed E-state index contributed by atoms with van der Waals surface area (Å²) in [7, 11) is 0. The van der Waals surface area contributed by atoms with Crippen molar-refractivity contribution in [3.05, 3.63) is 85.1 Å². The molecule has 1 aliphatic heterocycles. The molecule has 452 valence electrons. The fraction of sp³-hybridized carbons (Fsp3) is 0.731. The number of carboxylic acid groups (broad SMARTS) is 1. The minimum absolute atomic E-state index is 0.0419. The number of carbonyl (C=O) groups is 4. The summed E-state index contributed by atoms with van der Waals surface area (Å²) >= 11 is 0. The summed E-state index contributed by atoms with van der Waals surface area (Å²) in [6, 6.07) is 0. The van der Waals surface area contributed by atoms with Crippen LogP contribution >= 0.6 is 0 Å². The van der Waals surface area contributed by atoms with Gasteiger partial charge in [0.25, 0.3) is 0 Å². The summed E-state index contributed by atoms with van der Waals surface area (Å²) in [6.45, 7) is 5.81. The fourth-order valence-corrected chi connectivity index (χ4v) is 9.15. The molecule has 3 N–H and O–H groups in total. The largest absolute Gasteiger partial charge is 0.479 e. The van der Waals surface area contributed by atoms with Gasteiger partial charge in [-0.05, 0) is 83.5 Å². The van der Waals surface area contributed by atoms with E-state index in [1.54, 1.807) is 0 Å². The highest BCUT2D eigenvalue weighted by molar-refractivity contribution is 5.74. The van der Waals surface area contributed by atoms with E-state index < -0.39 is 67.3 Å². The highest BCUT2D eigenvalue weighted by Gasteiger charge is 2.50. The average Bonchev–Trinajstić information content (AvgIpc) is 3.44. The molecule has 1 rings (SSSR count). The number of ether oxygens (including phenoxy) is 5. The van der Waals surface area contributed by atoms with Crippen LogP contribution in [0, 0.1) is 0 Å². The van der Waals surface area contributed by atoms with Crippen molar-refractivity contribution in [2.24, 2.45) is 0 Å². The third kappa shape index (κ3) is 44.3. The maximum Gasteiger partial charge on any atom is 0.335 e. The van der Waals surface area contributed by atoms with Gasteiger partial charge in [-0.2, -0.15) is 0 Å². The summed E-state index contributed by atoms with van der Waals surface area (Å²) in [5.41, 5.74) is 0. The Morgan fingerprint density at radius 2 is 0.823 bits per heavy atom. The van der Waals surface area contributed by atoms with E-state index in [1.807, 2.05) is 12.2 Å². The molecule has 0 aromatic carbocycles. The summed E-state index contributed by atoms with van der Waals surface area (Å²) in [5.74, 6) is -3.23. The molecule has 0 aromatic heterocycles. The molecular formula is C67H112O12. The van der Waals surface area contributed by atoms with E-state index in [0.29, 0.717) is 19.3 Å². The molecule has 79 heavy (non-hydrogen) atoms. The minimum atomic E-state index is -1.92. The molecule has 0 aliphatic carbocycles. The zero-order chi connectivity index (χ0) is 57.5. The van der Waals surface area contributed by atoms with Crippen molar-refractivity contribution in [2.75, 3.05) is 13.2 Å². The molecule has 1 saturated heterocycles. The van der Waals surface area contributed by atoms with Gasteiger partial charge in [-0.25, -0.2) is 4.79 Å². The first-order valence-corrected chi connectivity index (χ1v) is 31.6. The lowest BCUT2D eigenvalue weighted by Gasteiger charge is -2.40. The first kappa shape index (κ1) is 72.9. The van der Waals surface area contributed by atoms with E-state index >= 15 is 0 Å². The van der Waals surface area contributed by atoms with Gasteiger partial charge < -0.3 is 39.0 Å². The van der Waals surface area contributed by atoms with Crippen molar-refractivity contribution in [1.82, 2.24) is 0 Å². The molecule has 1 aliphatic rings. The van der Waals surface area contributed by atoms with Crippen LogP contribution in [0.15, 0.2) is 85.1 Å². The van der Waals surface area contributed by atoms with E-state index in [-0.39, 0.29) is 25.9 Å². The molecule has 0 radical (unpaired) electrons. The Bertz CT molecular complexity index is 1700. The maximum atomic E-state index is 13.2. The number of hydrogen-bond donors (Lipinski definition) is 3. The lowest BCUT2D eigenvalue weighted by atomic mass is 9.98. The topological polar surface area (TPSA) is 175 Å². The highest BCUT2D eigenvalue weighted by atomic mass is 16.7. The van der Waals surface area contributed by atoms with Crippen LogP contribution in [0.3, 0.4) is 0 Å². The molecule has 12 nitrogen and oxygen atoms in total. The van der Waals surface area contributed by atoms with E-state index in [9.17, 15) is 34.5 Å². The number of aliphatic hydroxyl groups excluding tert-OH is 2. The summed E-state index contributed by atoms with van der Waals surface area (Å²) in [4.78, 5) is 51.2. The Morgan fingerprint density at radius 3 is 1.28 bits per heavy atom. The quantitative estimate of drug-likeness (QED) is 0.0228. The number of esters is 3. The number of unbranched alkanes of at least 4 members (excludes halogenated alkanes) is 25. The van der Waals surface area contributed by atoms with Crippen LogP contribution in [0.25, 0.3) is 0 Å². The van der Waals surface area contributed by atoms with Gasteiger partial charge in [0.15, 0.2) is 24.6 Å². The molecule has 0 aromatic rings. The third-order valence-electron chi connectivity index (χ3n) is 14.0. The number of aliphatic carboxylic acids is 1. The number of allylic oxidation sites excluding steroid dienone is 14. The average molecular weight is 1110 g/mol. The number of rotatable bonds is 53. The minimum Gasteiger partial charge on any atom is -0.479 e. The van der Waals surface area contributed by atoms with Crippen molar-refractivity contribution >= 4 is 23.9 Å². The highest BCUT2D eigenvalue weighted by Crippen LogP contribution is 2.26. The lowest BCUT2D eigenvalue weighted by Crippen LogP contribution is -2.61. The molecule has 6 atom stereocenters. The monoisotopic (exact) mass is 1110 g/mol. The van der Waals surface area contributed by atoms with Gasteiger partial charge in [-0.1, -0.05) is 247 Å². The summed E-state index contributed by atoms with van der Waals surface area (Å²) in [5, 5.41) is 31.5. The lowest BCUT2D eigenvalue weighted by molar-refractivity contribution is -0.301. The predicted octanol–water partition coefficient (Wildman–Crippen LogP) is 16.7. The standard InChI is InChI=1S/C67H112O12/c1-4-7-10-13-16-19-22-25-27-29-30-32-33-36-38-41-44-47-50-53-59(68)75-56-58(77-60(69)54-51-48-45-42-40-37-34-31-28-26-23-20-17-14-11-8-5-2)57-76-67-65(63(72)62(71)64(79-67)66(73)74)78-61(70)55-52-49-46-43-39-35-24-21-18-15-12-9-6-3/h7,10,16,19,21,24-25,27,30,32,36,38,44,47,58,62-65,67,71-72H,4-6,8-9,11-15,17-18,20,22-23,26,28-29,31,33-35,37,39-43,45-46,48-57H2,1-3H3,(H,73,74)/b10-7-,19-16-,24-21-,27-25-,32-30-,38-36-,47-44-. The smallest absolute Gasteiger partial charge is 0.335 e. The number of hydrogen-bond acceptors (Lipinski definition) is 11. The molecule has 0 bridgehead atoms. The first-order chi connectivity index (χ1) is 38.6. The summed E-state index contributed by atoms with van der Waals surface area (Å²) < 4.78 is 28.4. The van der Waals surface area contributed by atoms with Gasteiger partial charge in [0.1, 0.15) is 18.8 Å². The van der Waals surface area contributed by atoms with Gasteiger partial charge >= 0.3 is 23.9 Å². The molecule has 6 unspecified atom stereocenters. The van der Waals surface area contributed by atoms with Crippen LogP contribution in [-0.4, -0.2) is 89.2 Å². The van der Waals surface area contributed by atoms with E-state index in [0.717, 1.165) is 96.3 Å². The van der Waals surface area contributed by atoms with Crippen molar-refractivity contribution in [3.8, 4) is 0 Å². The van der Waals surface area contributed by atoms with Gasteiger partial charge in [0.2, 0.25) is 0 Å². The van der Waals surface area contributed by atoms with Crippen LogP contribution in [0.1, 0.15) is 265 Å². The molecule has 1 fully saturated rings. The van der Waals surface area contributed by atoms with E-state index in [4.69, 9.17) is 23.7 Å². The second kappa shape index (κ2) is 54.5. The Balaban J connectivity index is 2.72. The number of carboxylic acids is 1. The van der Waals surface area contributed by atoms with Crippen LogP contribution in [-0.2, 0) is 42.9 Å². The molecular weight excluding hydrogens is 997 g/mol. The molecule has 0 saturated carbocycles. The van der Waals surface area contributed by atoms with Crippen molar-refractivity contribution < 1.29 is 58.2 Å². The second-order valence-electron chi connectivity index (χ2n) is 21.3. The van der Waals surface area contributed by atoms with E-state index in [2.05, 4.69) is 93.7 Å². The zero-order valence-electron chi connectivity index (χ0n) is 49.8. The van der Waals surface area contributed by atoms with Crippen molar-refractivity contribution in [3.63, 3.8) is 0 Å². The fourth-order valence-electron chi connectivity index (χ4n) is 9.15. The Hall–Kier alpha value is -4.10. The second-order valence-corrected chi connectivity index (χ2v) is 21.3. The molecule has 0 amide bonds. The number of carbonyl (C=O) groups excluding carboxylic acids is 3.